The zero-order chi connectivity index (χ0) is 11.5. The van der Waals surface area contributed by atoms with E-state index in [0.717, 1.165) is 6.20 Å². The molecule has 82 valence electrons. The van der Waals surface area contributed by atoms with Crippen molar-refractivity contribution in [1.29, 1.82) is 0 Å². The van der Waals surface area contributed by atoms with Crippen LogP contribution in [0.2, 0.25) is 0 Å². The average molecular weight is 224 g/mol. The molecule has 0 aliphatic heterocycles. The predicted octanol–water partition coefficient (Wildman–Crippen LogP) is -0.445. The average Bonchev–Trinajstić information content (AvgIpc) is 2.64. The number of amides is 1. The second-order valence-electron chi connectivity index (χ2n) is 2.17. The van der Waals surface area contributed by atoms with Crippen LogP contribution in [0.1, 0.15) is 10.5 Å². The first-order valence-electron chi connectivity index (χ1n) is 3.35. The van der Waals surface area contributed by atoms with E-state index in [9.17, 15) is 22.8 Å². The van der Waals surface area contributed by atoms with E-state index in [1.54, 1.807) is 0 Å². The molecule has 0 saturated heterocycles. The highest BCUT2D eigenvalue weighted by atomic mass is 19.4. The SMILES string of the molecule is O=C(NOC(=O)C(F)(F)F)c1cn[nH]n1. The van der Waals surface area contributed by atoms with Gasteiger partial charge in [-0.25, -0.2) is 4.79 Å². The lowest BCUT2D eigenvalue weighted by Crippen LogP contribution is -2.34. The van der Waals surface area contributed by atoms with Gasteiger partial charge in [-0.3, -0.25) is 4.79 Å². The Morgan fingerprint density at radius 1 is 1.47 bits per heavy atom. The lowest BCUT2D eigenvalue weighted by Gasteiger charge is -2.05. The van der Waals surface area contributed by atoms with Gasteiger partial charge in [0.1, 0.15) is 0 Å². The van der Waals surface area contributed by atoms with E-state index in [0.29, 0.717) is 0 Å². The van der Waals surface area contributed by atoms with Gasteiger partial charge in [-0.1, -0.05) is 0 Å². The molecule has 0 aliphatic rings. The third-order valence-corrected chi connectivity index (χ3v) is 1.12. The van der Waals surface area contributed by atoms with Gasteiger partial charge in [0, 0.05) is 0 Å². The fourth-order valence-electron chi connectivity index (χ4n) is 0.514. The number of nitrogens with zero attached hydrogens (tertiary/aromatic N) is 2. The molecule has 0 aliphatic carbocycles. The number of hydroxylamine groups is 1. The van der Waals surface area contributed by atoms with Gasteiger partial charge >= 0.3 is 18.1 Å². The van der Waals surface area contributed by atoms with E-state index in [2.05, 4.69) is 15.0 Å². The largest absolute Gasteiger partial charge is 0.493 e. The Bertz CT molecular complexity index is 360. The topological polar surface area (TPSA) is 97.0 Å². The van der Waals surface area contributed by atoms with Gasteiger partial charge < -0.3 is 4.84 Å². The van der Waals surface area contributed by atoms with Gasteiger partial charge in [-0.15, -0.1) is 0 Å². The van der Waals surface area contributed by atoms with Gasteiger partial charge in [-0.2, -0.15) is 34.1 Å². The van der Waals surface area contributed by atoms with Crippen LogP contribution in [-0.2, 0) is 9.63 Å². The summed E-state index contributed by atoms with van der Waals surface area (Å²) in [7, 11) is 0. The molecule has 7 nitrogen and oxygen atoms in total. The van der Waals surface area contributed by atoms with E-state index < -0.39 is 18.1 Å². The minimum absolute atomic E-state index is 0.315. The third-order valence-electron chi connectivity index (χ3n) is 1.12. The summed E-state index contributed by atoms with van der Waals surface area (Å²) in [5.74, 6) is -3.65. The molecule has 10 heteroatoms. The summed E-state index contributed by atoms with van der Waals surface area (Å²) in [4.78, 5) is 24.4. The molecule has 0 radical (unpaired) electrons. The Morgan fingerprint density at radius 3 is 2.60 bits per heavy atom. The first kappa shape index (κ1) is 10.9. The van der Waals surface area contributed by atoms with Crippen LogP contribution in [0.4, 0.5) is 13.2 Å². The van der Waals surface area contributed by atoms with Crippen molar-refractivity contribution in [3.63, 3.8) is 0 Å². The molecule has 2 N–H and O–H groups in total. The zero-order valence-electron chi connectivity index (χ0n) is 6.83. The first-order chi connectivity index (χ1) is 6.91. The Morgan fingerprint density at radius 2 is 2.13 bits per heavy atom. The normalized spacial score (nSPS) is 10.9. The van der Waals surface area contributed by atoms with Crippen LogP contribution in [0.5, 0.6) is 0 Å². The molecular weight excluding hydrogens is 221 g/mol. The van der Waals surface area contributed by atoms with Crippen molar-refractivity contribution in [3.05, 3.63) is 11.9 Å². The molecule has 0 bridgehead atoms. The lowest BCUT2D eigenvalue weighted by atomic mass is 10.5. The maximum Gasteiger partial charge on any atom is 0.493 e. The summed E-state index contributed by atoms with van der Waals surface area (Å²) in [5.41, 5.74) is 0.946. The second-order valence-corrected chi connectivity index (χ2v) is 2.17. The molecule has 0 saturated carbocycles. The Labute approximate surface area is 79.5 Å². The van der Waals surface area contributed by atoms with Crippen molar-refractivity contribution >= 4 is 11.9 Å². The number of rotatable bonds is 1. The zero-order valence-corrected chi connectivity index (χ0v) is 6.83. The van der Waals surface area contributed by atoms with E-state index in [1.807, 2.05) is 5.21 Å². The third kappa shape index (κ3) is 2.93. The summed E-state index contributed by atoms with van der Waals surface area (Å²) in [6.45, 7) is 0. The van der Waals surface area contributed by atoms with Crippen LogP contribution in [0.25, 0.3) is 0 Å². The second kappa shape index (κ2) is 3.94. The van der Waals surface area contributed by atoms with Crippen LogP contribution in [0, 0.1) is 0 Å². The van der Waals surface area contributed by atoms with Crippen molar-refractivity contribution in [2.45, 2.75) is 6.18 Å². The molecule has 0 atom stereocenters. The van der Waals surface area contributed by atoms with Crippen molar-refractivity contribution in [3.8, 4) is 0 Å². The Hall–Kier alpha value is -2.13. The lowest BCUT2D eigenvalue weighted by molar-refractivity contribution is -0.204. The number of alkyl halides is 3. The van der Waals surface area contributed by atoms with Crippen molar-refractivity contribution in [2.75, 3.05) is 0 Å². The fourth-order valence-corrected chi connectivity index (χ4v) is 0.514. The highest BCUT2D eigenvalue weighted by molar-refractivity contribution is 5.92. The maximum atomic E-state index is 11.6. The maximum absolute atomic E-state index is 11.6. The molecule has 1 rings (SSSR count). The number of carbonyl (C=O) groups is 2. The highest BCUT2D eigenvalue weighted by Gasteiger charge is 2.42. The highest BCUT2D eigenvalue weighted by Crippen LogP contribution is 2.15. The van der Waals surface area contributed by atoms with Gasteiger partial charge in [-0.05, 0) is 0 Å². The number of hydrogen-bond donors (Lipinski definition) is 2. The van der Waals surface area contributed by atoms with E-state index in [1.165, 1.54) is 5.48 Å². The minimum Gasteiger partial charge on any atom is -0.332 e. The molecule has 0 aromatic carbocycles. The quantitative estimate of drug-likeness (QED) is 0.630. The number of nitrogens with one attached hydrogen (secondary N) is 2. The van der Waals surface area contributed by atoms with Crippen molar-refractivity contribution < 1.29 is 27.6 Å². The van der Waals surface area contributed by atoms with E-state index in [-0.39, 0.29) is 5.69 Å². The van der Waals surface area contributed by atoms with Gasteiger partial charge in [0.25, 0.3) is 0 Å². The van der Waals surface area contributed by atoms with Gasteiger partial charge in [0.05, 0.1) is 6.20 Å². The molecule has 15 heavy (non-hydrogen) atoms. The van der Waals surface area contributed by atoms with Crippen LogP contribution >= 0.6 is 0 Å². The summed E-state index contributed by atoms with van der Waals surface area (Å²) in [5, 5.41) is 8.50. The molecule has 1 aromatic heterocycles. The number of halogens is 3. The molecule has 0 fully saturated rings. The Balaban J connectivity index is 2.45. The standard InChI is InChI=1S/C5H3F3N4O3/c6-5(7,8)4(14)15-11-3(13)2-1-9-12-10-2/h1H,(H,11,13)(H,9,10,12). The Kier molecular flexibility index (Phi) is 2.87. The number of aromatic amines is 1. The van der Waals surface area contributed by atoms with Gasteiger partial charge in [0.15, 0.2) is 5.69 Å². The molecule has 1 aromatic rings. The van der Waals surface area contributed by atoms with E-state index in [4.69, 9.17) is 0 Å². The molecule has 1 heterocycles. The minimum atomic E-state index is -5.17. The first-order valence-corrected chi connectivity index (χ1v) is 3.35. The molecular formula is C5H3F3N4O3. The summed E-state index contributed by atoms with van der Waals surface area (Å²) < 4.78 is 34.7. The van der Waals surface area contributed by atoms with Gasteiger partial charge in [0.2, 0.25) is 0 Å². The summed E-state index contributed by atoms with van der Waals surface area (Å²) in [6.07, 6.45) is -4.23. The van der Waals surface area contributed by atoms with E-state index >= 15 is 0 Å². The smallest absolute Gasteiger partial charge is 0.332 e. The number of carbonyl (C=O) groups excluding carboxylic acids is 2. The van der Waals surface area contributed by atoms with Crippen LogP contribution in [0.15, 0.2) is 6.20 Å². The number of H-pyrrole nitrogens is 1. The summed E-state index contributed by atoms with van der Waals surface area (Å²) >= 11 is 0. The van der Waals surface area contributed by atoms with Crippen LogP contribution in [0.3, 0.4) is 0 Å². The fraction of sp³-hybridized carbons (Fsp3) is 0.200. The van der Waals surface area contributed by atoms with Crippen LogP contribution < -0.4 is 5.48 Å². The van der Waals surface area contributed by atoms with Crippen molar-refractivity contribution in [2.24, 2.45) is 0 Å². The predicted molar refractivity (Wildman–Crippen MR) is 36.0 cm³/mol. The number of hydrogen-bond acceptors (Lipinski definition) is 5. The molecule has 1 amide bonds. The number of aromatic nitrogens is 3. The van der Waals surface area contributed by atoms with Crippen molar-refractivity contribution in [1.82, 2.24) is 20.9 Å². The monoisotopic (exact) mass is 224 g/mol. The molecule has 0 spiro atoms. The summed E-state index contributed by atoms with van der Waals surface area (Å²) in [6, 6.07) is 0. The molecule has 0 unspecified atom stereocenters. The van der Waals surface area contributed by atoms with Crippen LogP contribution in [-0.4, -0.2) is 33.5 Å².